The van der Waals surface area contributed by atoms with Gasteiger partial charge in [-0.15, -0.1) is 0 Å². The molecule has 5 nitrogen and oxygen atoms in total. The van der Waals surface area contributed by atoms with Crippen molar-refractivity contribution in [2.24, 2.45) is 0 Å². The molecule has 0 radical (unpaired) electrons. The molecular weight excluding hydrogens is 319 g/mol. The van der Waals surface area contributed by atoms with Gasteiger partial charge in [-0.1, -0.05) is 12.1 Å². The van der Waals surface area contributed by atoms with Gasteiger partial charge in [0.25, 0.3) is 5.91 Å². The van der Waals surface area contributed by atoms with E-state index in [1.807, 2.05) is 12.4 Å². The second-order valence-electron chi connectivity index (χ2n) is 6.83. The Morgan fingerprint density at radius 1 is 1.28 bits per heavy atom. The largest absolute Gasteiger partial charge is 0.339 e. The smallest absolute Gasteiger partial charge is 0.256 e. The molecule has 0 spiro atoms. The molecule has 2 aromatic rings. The second kappa shape index (κ2) is 7.78. The lowest BCUT2D eigenvalue weighted by Crippen LogP contribution is -2.38. The van der Waals surface area contributed by atoms with Crippen molar-refractivity contribution in [3.8, 4) is 0 Å². The summed E-state index contributed by atoms with van der Waals surface area (Å²) in [6.45, 7) is 3.15. The molecule has 1 aromatic heterocycles. The van der Waals surface area contributed by atoms with Gasteiger partial charge in [0, 0.05) is 44.5 Å². The molecule has 3 rings (SSSR count). The van der Waals surface area contributed by atoms with E-state index in [1.54, 1.807) is 23.1 Å². The fourth-order valence-corrected chi connectivity index (χ4v) is 3.32. The Labute approximate surface area is 148 Å². The molecule has 1 aliphatic heterocycles. The molecule has 134 valence electrons. The van der Waals surface area contributed by atoms with Crippen molar-refractivity contribution in [1.29, 1.82) is 0 Å². The van der Waals surface area contributed by atoms with Crippen LogP contribution < -0.4 is 0 Å². The predicted octanol–water partition coefficient (Wildman–Crippen LogP) is 2.60. The number of likely N-dealkylation sites (tertiary alicyclic amines) is 1. The number of amides is 1. The normalized spacial score (nSPS) is 15.8. The zero-order valence-corrected chi connectivity index (χ0v) is 14.9. The first-order valence-electron chi connectivity index (χ1n) is 8.76. The lowest BCUT2D eigenvalue weighted by Gasteiger charge is -2.32. The molecular formula is C19H25FN4O. The number of hydrogen-bond acceptors (Lipinski definition) is 3. The minimum absolute atomic E-state index is 0.161. The van der Waals surface area contributed by atoms with Crippen molar-refractivity contribution in [2.75, 3.05) is 33.7 Å². The third kappa shape index (κ3) is 4.07. The van der Waals surface area contributed by atoms with Crippen LogP contribution >= 0.6 is 0 Å². The highest BCUT2D eigenvalue weighted by molar-refractivity contribution is 5.94. The van der Waals surface area contributed by atoms with E-state index in [9.17, 15) is 9.18 Å². The minimum atomic E-state index is -0.450. The van der Waals surface area contributed by atoms with E-state index >= 15 is 0 Å². The van der Waals surface area contributed by atoms with Crippen LogP contribution in [0.2, 0.25) is 0 Å². The Morgan fingerprint density at radius 2 is 2.00 bits per heavy atom. The molecule has 1 amide bonds. The molecule has 0 atom stereocenters. The maximum atomic E-state index is 13.8. The van der Waals surface area contributed by atoms with Gasteiger partial charge in [0.2, 0.25) is 0 Å². The van der Waals surface area contributed by atoms with Gasteiger partial charge in [-0.05, 0) is 39.1 Å². The van der Waals surface area contributed by atoms with Crippen LogP contribution in [-0.4, -0.2) is 59.0 Å². The average molecular weight is 344 g/mol. The molecule has 1 saturated heterocycles. The van der Waals surface area contributed by atoms with Crippen LogP contribution in [0.15, 0.2) is 36.7 Å². The van der Waals surface area contributed by atoms with Crippen molar-refractivity contribution in [1.82, 2.24) is 19.4 Å². The molecule has 1 aromatic carbocycles. The first-order chi connectivity index (χ1) is 12.1. The number of benzene rings is 1. The zero-order valence-electron chi connectivity index (χ0n) is 14.9. The van der Waals surface area contributed by atoms with Gasteiger partial charge in [-0.3, -0.25) is 4.79 Å². The Hall–Kier alpha value is -2.21. The first-order valence-corrected chi connectivity index (χ1v) is 8.76. The Bertz CT molecular complexity index is 720. The molecule has 2 heterocycles. The number of imidazole rings is 1. The second-order valence-corrected chi connectivity index (χ2v) is 6.83. The number of carbonyl (C=O) groups is 1. The Kier molecular flexibility index (Phi) is 5.48. The summed E-state index contributed by atoms with van der Waals surface area (Å²) in [5.41, 5.74) is 0.161. The lowest BCUT2D eigenvalue weighted by molar-refractivity contribution is 0.0705. The summed E-state index contributed by atoms with van der Waals surface area (Å²) in [4.78, 5) is 21.0. The highest BCUT2D eigenvalue weighted by atomic mass is 19.1. The van der Waals surface area contributed by atoms with Crippen LogP contribution in [0.4, 0.5) is 4.39 Å². The third-order valence-electron chi connectivity index (χ3n) is 4.79. The van der Waals surface area contributed by atoms with E-state index in [2.05, 4.69) is 28.5 Å². The quantitative estimate of drug-likeness (QED) is 0.837. The number of hydrogen-bond donors (Lipinski definition) is 0. The van der Waals surface area contributed by atoms with E-state index in [0.717, 1.165) is 31.8 Å². The van der Waals surface area contributed by atoms with Gasteiger partial charge < -0.3 is 14.4 Å². The molecule has 0 bridgehead atoms. The zero-order chi connectivity index (χ0) is 17.8. The molecule has 25 heavy (non-hydrogen) atoms. The molecule has 1 fully saturated rings. The first kappa shape index (κ1) is 17.6. The summed E-state index contributed by atoms with van der Waals surface area (Å²) in [6, 6.07) is 6.19. The predicted molar refractivity (Wildman–Crippen MR) is 95.1 cm³/mol. The highest BCUT2D eigenvalue weighted by Gasteiger charge is 2.27. The van der Waals surface area contributed by atoms with Gasteiger partial charge in [0.1, 0.15) is 11.6 Å². The average Bonchev–Trinajstić information content (AvgIpc) is 3.08. The summed E-state index contributed by atoms with van der Waals surface area (Å²) in [5.74, 6) is 0.781. The summed E-state index contributed by atoms with van der Waals surface area (Å²) in [7, 11) is 4.12. The molecule has 1 aliphatic rings. The maximum Gasteiger partial charge on any atom is 0.256 e. The third-order valence-corrected chi connectivity index (χ3v) is 4.79. The summed E-state index contributed by atoms with van der Waals surface area (Å²) >= 11 is 0. The number of piperidine rings is 1. The number of nitrogens with zero attached hydrogens (tertiary/aromatic N) is 4. The van der Waals surface area contributed by atoms with E-state index in [-0.39, 0.29) is 11.5 Å². The number of aromatic nitrogens is 2. The summed E-state index contributed by atoms with van der Waals surface area (Å²) in [6.07, 6.45) is 5.59. The van der Waals surface area contributed by atoms with E-state index in [4.69, 9.17) is 0 Å². The van der Waals surface area contributed by atoms with Crippen LogP contribution in [0.1, 0.15) is 34.9 Å². The maximum absolute atomic E-state index is 13.8. The van der Waals surface area contributed by atoms with Crippen LogP contribution in [0.5, 0.6) is 0 Å². The van der Waals surface area contributed by atoms with Crippen LogP contribution in [0.3, 0.4) is 0 Å². The van der Waals surface area contributed by atoms with Crippen LogP contribution in [-0.2, 0) is 6.54 Å². The van der Waals surface area contributed by atoms with E-state index < -0.39 is 5.82 Å². The van der Waals surface area contributed by atoms with Crippen LogP contribution in [0, 0.1) is 5.82 Å². The molecule has 0 N–H and O–H groups in total. The van der Waals surface area contributed by atoms with Gasteiger partial charge in [-0.25, -0.2) is 9.37 Å². The van der Waals surface area contributed by atoms with E-state index in [0.29, 0.717) is 19.0 Å². The van der Waals surface area contributed by atoms with Crippen molar-refractivity contribution in [3.05, 3.63) is 53.9 Å². The molecule has 6 heteroatoms. The van der Waals surface area contributed by atoms with E-state index in [1.165, 1.54) is 6.07 Å². The van der Waals surface area contributed by atoms with Crippen molar-refractivity contribution in [2.45, 2.75) is 25.3 Å². The Balaban J connectivity index is 1.62. The summed E-state index contributed by atoms with van der Waals surface area (Å²) < 4.78 is 16.0. The van der Waals surface area contributed by atoms with Gasteiger partial charge in [0.05, 0.1) is 5.56 Å². The fraction of sp³-hybridized carbons (Fsp3) is 0.474. The summed E-state index contributed by atoms with van der Waals surface area (Å²) in [5, 5.41) is 0. The number of halogens is 1. The SMILES string of the molecule is CN(C)CCn1ccnc1C1CCN(C(=O)c2ccccc2F)CC1. The van der Waals surface area contributed by atoms with Crippen molar-refractivity contribution < 1.29 is 9.18 Å². The van der Waals surface area contributed by atoms with Gasteiger partial charge in [-0.2, -0.15) is 0 Å². The van der Waals surface area contributed by atoms with Gasteiger partial charge in [0.15, 0.2) is 0 Å². The number of rotatable bonds is 5. The topological polar surface area (TPSA) is 41.4 Å². The van der Waals surface area contributed by atoms with Gasteiger partial charge >= 0.3 is 0 Å². The lowest BCUT2D eigenvalue weighted by atomic mass is 9.95. The molecule has 0 saturated carbocycles. The highest BCUT2D eigenvalue weighted by Crippen LogP contribution is 2.28. The molecule has 0 unspecified atom stereocenters. The van der Waals surface area contributed by atoms with Crippen LogP contribution in [0.25, 0.3) is 0 Å². The van der Waals surface area contributed by atoms with Crippen molar-refractivity contribution in [3.63, 3.8) is 0 Å². The number of likely N-dealkylation sites (N-methyl/N-ethyl adjacent to an activating group) is 1. The minimum Gasteiger partial charge on any atom is -0.339 e. The number of carbonyl (C=O) groups excluding carboxylic acids is 1. The fourth-order valence-electron chi connectivity index (χ4n) is 3.32. The standard InChI is InChI=1S/C19H25FN4O/c1-22(2)13-14-23-12-9-21-18(23)15-7-10-24(11-8-15)19(25)16-5-3-4-6-17(16)20/h3-6,9,12,15H,7-8,10-11,13-14H2,1-2H3. The Morgan fingerprint density at radius 3 is 2.68 bits per heavy atom. The molecule has 0 aliphatic carbocycles. The van der Waals surface area contributed by atoms with Crippen molar-refractivity contribution >= 4 is 5.91 Å². The monoisotopic (exact) mass is 344 g/mol.